The molecular weight excluding hydrogens is 390 g/mol. The molecule has 0 aromatic heterocycles. The summed E-state index contributed by atoms with van der Waals surface area (Å²) in [6.07, 6.45) is 0. The number of rotatable bonds is 7. The second kappa shape index (κ2) is 8.36. The maximum Gasteiger partial charge on any atom is 0.308 e. The van der Waals surface area contributed by atoms with Crippen molar-refractivity contribution in [1.82, 2.24) is 4.90 Å². The van der Waals surface area contributed by atoms with Gasteiger partial charge in [0.05, 0.1) is 17.5 Å². The molecule has 3 aromatic carbocycles. The minimum absolute atomic E-state index is 0.0719. The van der Waals surface area contributed by atoms with Crippen LogP contribution in [0.3, 0.4) is 0 Å². The molecule has 3 aromatic rings. The SMILES string of the molecule is CC(=O)Oc1ccc([C@]2(C(C)C(=O)O)CN2C(c2ccccc2)c2ccccc2)cc1. The number of esters is 1. The van der Waals surface area contributed by atoms with Gasteiger partial charge in [0, 0.05) is 13.5 Å². The van der Waals surface area contributed by atoms with Crippen molar-refractivity contribution >= 4 is 11.9 Å². The predicted octanol–water partition coefficient (Wildman–Crippen LogP) is 4.63. The van der Waals surface area contributed by atoms with Crippen molar-refractivity contribution in [2.45, 2.75) is 25.4 Å². The van der Waals surface area contributed by atoms with Crippen LogP contribution in [0, 0.1) is 5.92 Å². The van der Waals surface area contributed by atoms with Crippen LogP contribution >= 0.6 is 0 Å². The second-order valence-corrected chi connectivity index (χ2v) is 7.95. The highest BCUT2D eigenvalue weighted by molar-refractivity contribution is 5.73. The normalized spacial score (nSPS) is 20.8. The number of carbonyl (C=O) groups excluding carboxylic acids is 1. The molecule has 1 fully saturated rings. The third-order valence-corrected chi connectivity index (χ3v) is 6.07. The van der Waals surface area contributed by atoms with Gasteiger partial charge in [0.1, 0.15) is 5.75 Å². The average molecular weight is 415 g/mol. The van der Waals surface area contributed by atoms with Gasteiger partial charge >= 0.3 is 11.9 Å². The van der Waals surface area contributed by atoms with Crippen LogP contribution in [0.4, 0.5) is 0 Å². The molecule has 0 aliphatic carbocycles. The summed E-state index contributed by atoms with van der Waals surface area (Å²) >= 11 is 0. The molecule has 0 spiro atoms. The molecule has 2 unspecified atom stereocenters. The molecule has 0 radical (unpaired) electrons. The van der Waals surface area contributed by atoms with E-state index in [4.69, 9.17) is 4.74 Å². The Balaban J connectivity index is 1.77. The van der Waals surface area contributed by atoms with E-state index in [-0.39, 0.29) is 12.0 Å². The highest BCUT2D eigenvalue weighted by atomic mass is 16.5. The molecule has 3 atom stereocenters. The van der Waals surface area contributed by atoms with Gasteiger partial charge in [-0.15, -0.1) is 0 Å². The topological polar surface area (TPSA) is 66.6 Å². The monoisotopic (exact) mass is 415 g/mol. The molecule has 5 heteroatoms. The maximum atomic E-state index is 12.1. The second-order valence-electron chi connectivity index (χ2n) is 7.95. The van der Waals surface area contributed by atoms with E-state index in [2.05, 4.69) is 29.2 Å². The van der Waals surface area contributed by atoms with Crippen LogP contribution in [-0.2, 0) is 15.1 Å². The number of benzene rings is 3. The fourth-order valence-electron chi connectivity index (χ4n) is 4.44. The zero-order valence-corrected chi connectivity index (χ0v) is 17.6. The summed E-state index contributed by atoms with van der Waals surface area (Å²) in [5.41, 5.74) is 2.47. The van der Waals surface area contributed by atoms with Crippen molar-refractivity contribution in [1.29, 1.82) is 0 Å². The molecule has 1 heterocycles. The zero-order chi connectivity index (χ0) is 22.0. The first-order chi connectivity index (χ1) is 14.9. The Bertz CT molecular complexity index is 1030. The molecular formula is C26H25NO4. The van der Waals surface area contributed by atoms with E-state index in [1.807, 2.05) is 48.5 Å². The third kappa shape index (κ3) is 3.97. The highest BCUT2D eigenvalue weighted by Gasteiger charge is 2.61. The van der Waals surface area contributed by atoms with Gasteiger partial charge in [0.25, 0.3) is 0 Å². The summed E-state index contributed by atoms with van der Waals surface area (Å²) in [4.78, 5) is 25.6. The van der Waals surface area contributed by atoms with E-state index in [9.17, 15) is 14.7 Å². The van der Waals surface area contributed by atoms with Crippen LogP contribution in [0.5, 0.6) is 5.75 Å². The van der Waals surface area contributed by atoms with Crippen molar-refractivity contribution in [3.8, 4) is 5.75 Å². The van der Waals surface area contributed by atoms with Crippen molar-refractivity contribution in [3.05, 3.63) is 102 Å². The summed E-state index contributed by atoms with van der Waals surface area (Å²) in [6.45, 7) is 3.73. The van der Waals surface area contributed by atoms with Crippen LogP contribution in [0.25, 0.3) is 0 Å². The van der Waals surface area contributed by atoms with Gasteiger partial charge in [-0.25, -0.2) is 0 Å². The van der Waals surface area contributed by atoms with E-state index < -0.39 is 17.4 Å². The van der Waals surface area contributed by atoms with Crippen molar-refractivity contribution in [3.63, 3.8) is 0 Å². The molecule has 0 amide bonds. The van der Waals surface area contributed by atoms with Crippen LogP contribution in [-0.4, -0.2) is 28.5 Å². The smallest absolute Gasteiger partial charge is 0.308 e. The molecule has 5 nitrogen and oxygen atoms in total. The summed E-state index contributed by atoms with van der Waals surface area (Å²) < 4.78 is 5.15. The number of nitrogens with zero attached hydrogens (tertiary/aromatic N) is 1. The molecule has 0 saturated carbocycles. The molecule has 1 aliphatic rings. The quantitative estimate of drug-likeness (QED) is 0.346. The van der Waals surface area contributed by atoms with Gasteiger partial charge in [0.2, 0.25) is 0 Å². The number of hydrogen-bond acceptors (Lipinski definition) is 4. The van der Waals surface area contributed by atoms with E-state index in [1.165, 1.54) is 6.92 Å². The Morgan fingerprint density at radius 1 is 0.903 bits per heavy atom. The Morgan fingerprint density at radius 2 is 1.42 bits per heavy atom. The highest BCUT2D eigenvalue weighted by Crippen LogP contribution is 2.55. The fraction of sp³-hybridized carbons (Fsp3) is 0.231. The lowest BCUT2D eigenvalue weighted by Gasteiger charge is -2.28. The molecule has 1 N–H and O–H groups in total. The Morgan fingerprint density at radius 3 is 1.87 bits per heavy atom. The summed E-state index contributed by atoms with van der Waals surface area (Å²) in [5.74, 6) is -1.40. The minimum atomic E-state index is -0.841. The summed E-state index contributed by atoms with van der Waals surface area (Å²) in [5, 5.41) is 9.94. The van der Waals surface area contributed by atoms with E-state index >= 15 is 0 Å². The molecule has 0 bridgehead atoms. The van der Waals surface area contributed by atoms with Crippen molar-refractivity contribution in [2.75, 3.05) is 6.54 Å². The van der Waals surface area contributed by atoms with Crippen LogP contribution in [0.15, 0.2) is 84.9 Å². The van der Waals surface area contributed by atoms with E-state index in [0.29, 0.717) is 12.3 Å². The molecule has 1 saturated heterocycles. The standard InChI is InChI=1S/C26H25NO4/c1-18(25(29)30)26(22-13-15-23(16-14-22)31-19(2)28)17-27(26)24(20-9-5-3-6-10-20)21-11-7-4-8-12-21/h3-16,18,24H,17H2,1-2H3,(H,29,30)/t18?,26-,27?/m1/s1. The van der Waals surface area contributed by atoms with Gasteiger partial charge in [0.15, 0.2) is 0 Å². The summed E-state index contributed by atoms with van der Waals surface area (Å²) in [6, 6.07) is 27.4. The maximum absolute atomic E-state index is 12.1. The first-order valence-electron chi connectivity index (χ1n) is 10.3. The van der Waals surface area contributed by atoms with Crippen LogP contribution in [0.1, 0.15) is 36.6 Å². The minimum Gasteiger partial charge on any atom is -0.481 e. The average Bonchev–Trinajstić information content (AvgIpc) is 3.51. The van der Waals surface area contributed by atoms with Gasteiger partial charge in [-0.3, -0.25) is 14.5 Å². The number of aliphatic carboxylic acids is 1. The summed E-state index contributed by atoms with van der Waals surface area (Å²) in [7, 11) is 0. The van der Waals surface area contributed by atoms with Gasteiger partial charge in [-0.05, 0) is 35.7 Å². The van der Waals surface area contributed by atoms with Crippen LogP contribution < -0.4 is 4.74 Å². The largest absolute Gasteiger partial charge is 0.481 e. The van der Waals surface area contributed by atoms with Gasteiger partial charge < -0.3 is 9.84 Å². The molecule has 31 heavy (non-hydrogen) atoms. The lowest BCUT2D eigenvalue weighted by molar-refractivity contribution is -0.143. The van der Waals surface area contributed by atoms with Crippen LogP contribution in [0.2, 0.25) is 0 Å². The molecule has 158 valence electrons. The number of ether oxygens (including phenoxy) is 1. The lowest BCUT2D eigenvalue weighted by Crippen LogP contribution is -2.32. The number of carboxylic acid groups (broad SMARTS) is 1. The predicted molar refractivity (Wildman–Crippen MR) is 118 cm³/mol. The number of hydrogen-bond donors (Lipinski definition) is 1. The zero-order valence-electron chi connectivity index (χ0n) is 17.6. The first kappa shape index (κ1) is 20.8. The Hall–Kier alpha value is -3.44. The van der Waals surface area contributed by atoms with E-state index in [0.717, 1.165) is 16.7 Å². The van der Waals surface area contributed by atoms with E-state index in [1.54, 1.807) is 19.1 Å². The molecule has 4 rings (SSSR count). The number of carboxylic acids is 1. The van der Waals surface area contributed by atoms with Crippen molar-refractivity contribution < 1.29 is 19.4 Å². The van der Waals surface area contributed by atoms with Gasteiger partial charge in [-0.2, -0.15) is 0 Å². The fourth-order valence-corrected chi connectivity index (χ4v) is 4.44. The molecule has 1 aliphatic heterocycles. The third-order valence-electron chi connectivity index (χ3n) is 6.07. The van der Waals surface area contributed by atoms with Crippen molar-refractivity contribution in [2.24, 2.45) is 5.92 Å². The Kier molecular flexibility index (Phi) is 5.61. The number of carbonyl (C=O) groups is 2. The first-order valence-corrected chi connectivity index (χ1v) is 10.3. The Labute approximate surface area is 181 Å². The lowest BCUT2D eigenvalue weighted by atomic mass is 9.85. The van der Waals surface area contributed by atoms with Gasteiger partial charge in [-0.1, -0.05) is 72.8 Å².